The van der Waals surface area contributed by atoms with Gasteiger partial charge in [0.2, 0.25) is 5.13 Å². The molecule has 0 unspecified atom stereocenters. The normalized spacial score (nSPS) is 8.89. The van der Waals surface area contributed by atoms with Gasteiger partial charge in [0.25, 0.3) is 0 Å². The predicted molar refractivity (Wildman–Crippen MR) is 79.7 cm³/mol. The van der Waals surface area contributed by atoms with Crippen LogP contribution in [0, 0.1) is 0 Å². The van der Waals surface area contributed by atoms with Crippen LogP contribution in [-0.4, -0.2) is 15.9 Å². The van der Waals surface area contributed by atoms with Gasteiger partial charge in [-0.1, -0.05) is 6.07 Å². The molecular weight excluding hydrogens is 295 g/mol. The van der Waals surface area contributed by atoms with Crippen molar-refractivity contribution in [2.45, 2.75) is 0 Å². The van der Waals surface area contributed by atoms with Crippen LogP contribution in [0.15, 0.2) is 28.6 Å². The van der Waals surface area contributed by atoms with Crippen molar-refractivity contribution in [3.63, 3.8) is 0 Å². The largest absolute Gasteiger partial charge is 0.384 e. The fourth-order valence-electron chi connectivity index (χ4n) is 1.14. The smallest absolute Gasteiger partial charge is 0.212 e. The zero-order valence-corrected chi connectivity index (χ0v) is 11.6. The van der Waals surface area contributed by atoms with E-state index in [9.17, 15) is 0 Å². The van der Waals surface area contributed by atoms with E-state index < -0.39 is 0 Å². The zero-order valence-electron chi connectivity index (χ0n) is 9.11. The summed E-state index contributed by atoms with van der Waals surface area (Å²) in [6, 6.07) is 5.36. The predicted octanol–water partition coefficient (Wildman–Crippen LogP) is 1.54. The lowest BCUT2D eigenvalue weighted by Crippen LogP contribution is -2.21. The van der Waals surface area contributed by atoms with Gasteiger partial charge in [-0.2, -0.15) is 4.99 Å². The molecule has 2 aromatic heterocycles. The first kappa shape index (κ1) is 16.4. The molecule has 0 atom stereocenters. The van der Waals surface area contributed by atoms with Gasteiger partial charge in [0.1, 0.15) is 11.5 Å². The van der Waals surface area contributed by atoms with Crippen LogP contribution in [0.1, 0.15) is 0 Å². The molecule has 6 N–H and O–H groups in total. The van der Waals surface area contributed by atoms with Gasteiger partial charge in [-0.05, 0) is 12.1 Å². The number of halogens is 2. The molecule has 0 aliphatic heterocycles. The molecule has 0 spiro atoms. The Morgan fingerprint density at radius 1 is 1.11 bits per heavy atom. The van der Waals surface area contributed by atoms with Crippen molar-refractivity contribution in [2.75, 3.05) is 5.73 Å². The lowest BCUT2D eigenvalue weighted by atomic mass is 10.3. The van der Waals surface area contributed by atoms with Gasteiger partial charge < -0.3 is 17.2 Å². The Bertz CT molecular complexity index is 537. The van der Waals surface area contributed by atoms with Crippen LogP contribution in [0.3, 0.4) is 0 Å². The third kappa shape index (κ3) is 4.02. The summed E-state index contributed by atoms with van der Waals surface area (Å²) in [5, 5.41) is 2.32. The molecule has 2 heterocycles. The second kappa shape index (κ2) is 7.00. The molecule has 9 heteroatoms. The Labute approximate surface area is 120 Å². The Morgan fingerprint density at radius 2 is 1.83 bits per heavy atom. The number of hydrogen-bond donors (Lipinski definition) is 3. The molecule has 0 fully saturated rings. The summed E-state index contributed by atoms with van der Waals surface area (Å²) < 4.78 is 0. The van der Waals surface area contributed by atoms with E-state index >= 15 is 0 Å². The molecule has 6 nitrogen and oxygen atoms in total. The molecule has 18 heavy (non-hydrogen) atoms. The number of pyridine rings is 1. The number of aromatic nitrogens is 2. The highest BCUT2D eigenvalue weighted by Crippen LogP contribution is 2.25. The minimum absolute atomic E-state index is 0. The summed E-state index contributed by atoms with van der Waals surface area (Å²) in [6.07, 6.45) is 0. The minimum atomic E-state index is -0.0126. The monoisotopic (exact) mass is 306 g/mol. The standard InChI is InChI=1S/C9H10N6S.2ClH/c10-7-3-1-2-5(13-7)6-4-16-9(14-6)15-8(11)12;;/h1-4H,(H2,10,13)(H4,11,12,14,15);2*1H. The van der Waals surface area contributed by atoms with E-state index in [0.717, 1.165) is 0 Å². The van der Waals surface area contributed by atoms with Crippen LogP contribution in [0.5, 0.6) is 0 Å². The molecule has 98 valence electrons. The second-order valence-electron chi connectivity index (χ2n) is 3.00. The number of rotatable bonds is 2. The number of nitrogens with two attached hydrogens (primary N) is 3. The Morgan fingerprint density at radius 3 is 2.44 bits per heavy atom. The third-order valence-electron chi connectivity index (χ3n) is 1.75. The lowest BCUT2D eigenvalue weighted by Gasteiger charge is -1.96. The number of guanidine groups is 1. The average Bonchev–Trinajstić information content (AvgIpc) is 2.65. The van der Waals surface area contributed by atoms with Crippen molar-refractivity contribution in [3.8, 4) is 11.4 Å². The summed E-state index contributed by atoms with van der Waals surface area (Å²) >= 11 is 1.34. The van der Waals surface area contributed by atoms with E-state index in [-0.39, 0.29) is 30.8 Å². The maximum atomic E-state index is 5.58. The van der Waals surface area contributed by atoms with Gasteiger partial charge in [-0.25, -0.2) is 9.97 Å². The molecule has 0 aromatic carbocycles. The molecule has 0 aliphatic rings. The molecule has 2 aromatic rings. The Hall–Kier alpha value is -1.57. The Kier molecular flexibility index (Phi) is 6.39. The first-order chi connectivity index (χ1) is 7.65. The van der Waals surface area contributed by atoms with E-state index in [1.807, 2.05) is 17.5 Å². The summed E-state index contributed by atoms with van der Waals surface area (Å²) in [6.45, 7) is 0. The van der Waals surface area contributed by atoms with Gasteiger partial charge in [-0.15, -0.1) is 36.2 Å². The van der Waals surface area contributed by atoms with E-state index in [0.29, 0.717) is 22.3 Å². The van der Waals surface area contributed by atoms with Crippen LogP contribution in [0.2, 0.25) is 0 Å². The molecule has 0 aliphatic carbocycles. The molecule has 0 radical (unpaired) electrons. The van der Waals surface area contributed by atoms with Crippen LogP contribution >= 0.6 is 36.2 Å². The van der Waals surface area contributed by atoms with Crippen molar-refractivity contribution in [3.05, 3.63) is 23.6 Å². The average molecular weight is 307 g/mol. The highest BCUT2D eigenvalue weighted by molar-refractivity contribution is 7.13. The fourth-order valence-corrected chi connectivity index (χ4v) is 1.84. The van der Waals surface area contributed by atoms with Crippen LogP contribution in [0.4, 0.5) is 10.9 Å². The van der Waals surface area contributed by atoms with E-state index in [2.05, 4.69) is 15.0 Å². The summed E-state index contributed by atoms with van der Waals surface area (Å²) in [5.41, 5.74) is 17.5. The number of nitrogen functional groups attached to an aromatic ring is 1. The molecular formula is C9H12Cl2N6S. The van der Waals surface area contributed by atoms with Crippen molar-refractivity contribution in [1.82, 2.24) is 9.97 Å². The topological polar surface area (TPSA) is 116 Å². The van der Waals surface area contributed by atoms with Crippen LogP contribution in [-0.2, 0) is 0 Å². The van der Waals surface area contributed by atoms with E-state index in [1.165, 1.54) is 11.3 Å². The number of aliphatic imine (C=N–C) groups is 1. The maximum Gasteiger partial charge on any atom is 0.212 e. The number of anilines is 1. The molecule has 0 saturated carbocycles. The van der Waals surface area contributed by atoms with Gasteiger partial charge in [0, 0.05) is 5.38 Å². The molecule has 0 bridgehead atoms. The van der Waals surface area contributed by atoms with Gasteiger partial charge in [-0.3, -0.25) is 0 Å². The highest BCUT2D eigenvalue weighted by Gasteiger charge is 2.05. The molecule has 0 amide bonds. The zero-order chi connectivity index (χ0) is 11.5. The quantitative estimate of drug-likeness (QED) is 0.575. The fraction of sp³-hybridized carbons (Fsp3) is 0. The SMILES string of the molecule is Cl.Cl.NC(N)=Nc1nc(-c2cccc(N)n2)cs1. The van der Waals surface area contributed by atoms with Crippen LogP contribution in [0.25, 0.3) is 11.4 Å². The number of hydrogen-bond acceptors (Lipinski definition) is 5. The van der Waals surface area contributed by atoms with Crippen molar-refractivity contribution in [2.24, 2.45) is 16.5 Å². The second-order valence-corrected chi connectivity index (χ2v) is 3.84. The van der Waals surface area contributed by atoms with Crippen molar-refractivity contribution < 1.29 is 0 Å². The third-order valence-corrected chi connectivity index (χ3v) is 2.48. The summed E-state index contributed by atoms with van der Waals surface area (Å²) in [4.78, 5) is 12.2. The molecule has 2 rings (SSSR count). The van der Waals surface area contributed by atoms with Crippen molar-refractivity contribution in [1.29, 1.82) is 0 Å². The van der Waals surface area contributed by atoms with Gasteiger partial charge in [0.15, 0.2) is 5.96 Å². The first-order valence-corrected chi connectivity index (χ1v) is 5.31. The maximum absolute atomic E-state index is 5.58. The Balaban J connectivity index is 0.00000144. The van der Waals surface area contributed by atoms with Crippen molar-refractivity contribution >= 4 is 53.1 Å². The van der Waals surface area contributed by atoms with E-state index in [1.54, 1.807) is 6.07 Å². The summed E-state index contributed by atoms with van der Waals surface area (Å²) in [7, 11) is 0. The lowest BCUT2D eigenvalue weighted by molar-refractivity contribution is 1.27. The van der Waals surface area contributed by atoms with Gasteiger partial charge >= 0.3 is 0 Å². The highest BCUT2D eigenvalue weighted by atomic mass is 35.5. The minimum Gasteiger partial charge on any atom is -0.384 e. The molecule has 0 saturated heterocycles. The summed E-state index contributed by atoms with van der Waals surface area (Å²) in [5.74, 6) is 0.440. The number of thiazole rings is 1. The first-order valence-electron chi connectivity index (χ1n) is 4.43. The number of nitrogens with zero attached hydrogens (tertiary/aromatic N) is 3. The van der Waals surface area contributed by atoms with Crippen LogP contribution < -0.4 is 17.2 Å². The van der Waals surface area contributed by atoms with E-state index in [4.69, 9.17) is 17.2 Å². The van der Waals surface area contributed by atoms with Gasteiger partial charge in [0.05, 0.1) is 5.69 Å².